The van der Waals surface area contributed by atoms with E-state index in [0.717, 1.165) is 15.8 Å². The third-order valence-electron chi connectivity index (χ3n) is 3.02. The average molecular weight is 309 g/mol. The summed E-state index contributed by atoms with van der Waals surface area (Å²) in [5.74, 6) is 0.923. The number of aromatic nitrogens is 2. The zero-order valence-corrected chi connectivity index (χ0v) is 13.4. The summed E-state index contributed by atoms with van der Waals surface area (Å²) in [6.45, 7) is 7.63. The Morgan fingerprint density at radius 3 is 2.76 bits per heavy atom. The first-order valence-electron chi connectivity index (χ1n) is 6.80. The normalized spacial score (nSPS) is 12.4. The maximum absolute atomic E-state index is 12.0. The molecule has 0 bridgehead atoms. The lowest BCUT2D eigenvalue weighted by Gasteiger charge is -2.13. The summed E-state index contributed by atoms with van der Waals surface area (Å²) in [6, 6.07) is -0.132. The Balaban J connectivity index is 2.56. The van der Waals surface area contributed by atoms with Gasteiger partial charge in [-0.05, 0) is 33.3 Å². The summed E-state index contributed by atoms with van der Waals surface area (Å²) in [7, 11) is 0. The standard InChI is InChI=1S/C14H19N3O3S/c1-5-20-14(19)11-8(3)10-12(15-7(2)6-18)16-9(4)17-13(10)21-11/h7,18H,5-6H2,1-4H3,(H,15,16,17). The highest BCUT2D eigenvalue weighted by atomic mass is 32.1. The molecular formula is C14H19N3O3S. The van der Waals surface area contributed by atoms with E-state index < -0.39 is 0 Å². The first-order valence-corrected chi connectivity index (χ1v) is 7.61. The van der Waals surface area contributed by atoms with Crippen LogP contribution >= 0.6 is 11.3 Å². The summed E-state index contributed by atoms with van der Waals surface area (Å²) in [4.78, 5) is 22.1. The number of carbonyl (C=O) groups excluding carboxylic acids is 1. The van der Waals surface area contributed by atoms with Gasteiger partial charge in [-0.2, -0.15) is 0 Å². The highest BCUT2D eigenvalue weighted by Gasteiger charge is 2.21. The predicted octanol–water partition coefficient (Wildman–Crippen LogP) is 2.28. The molecule has 0 saturated heterocycles. The van der Waals surface area contributed by atoms with Crippen molar-refractivity contribution in [1.29, 1.82) is 0 Å². The molecule has 0 aliphatic rings. The number of ether oxygens (including phenoxy) is 1. The number of aryl methyl sites for hydroxylation is 2. The molecular weight excluding hydrogens is 290 g/mol. The monoisotopic (exact) mass is 309 g/mol. The third kappa shape index (κ3) is 3.14. The topological polar surface area (TPSA) is 84.3 Å². The van der Waals surface area contributed by atoms with Crippen LogP contribution in [-0.2, 0) is 4.74 Å². The molecule has 7 heteroatoms. The molecule has 1 atom stereocenters. The molecule has 0 aliphatic heterocycles. The van der Waals surface area contributed by atoms with E-state index in [0.29, 0.717) is 23.1 Å². The fraction of sp³-hybridized carbons (Fsp3) is 0.500. The lowest BCUT2D eigenvalue weighted by molar-refractivity contribution is 0.0531. The van der Waals surface area contributed by atoms with E-state index in [1.54, 1.807) is 13.8 Å². The first-order chi connectivity index (χ1) is 9.97. The number of esters is 1. The van der Waals surface area contributed by atoms with Crippen molar-refractivity contribution >= 4 is 33.3 Å². The predicted molar refractivity (Wildman–Crippen MR) is 83.0 cm³/mol. The zero-order chi connectivity index (χ0) is 15.6. The number of fused-ring (bicyclic) bond motifs is 1. The molecule has 1 unspecified atom stereocenters. The zero-order valence-electron chi connectivity index (χ0n) is 12.6. The van der Waals surface area contributed by atoms with Gasteiger partial charge in [-0.25, -0.2) is 14.8 Å². The van der Waals surface area contributed by atoms with Crippen LogP contribution in [0.25, 0.3) is 10.2 Å². The fourth-order valence-corrected chi connectivity index (χ4v) is 3.14. The number of thiophene rings is 1. The molecule has 0 aliphatic carbocycles. The summed E-state index contributed by atoms with van der Waals surface area (Å²) < 4.78 is 5.07. The van der Waals surface area contributed by atoms with Crippen LogP contribution in [0.15, 0.2) is 0 Å². The number of aliphatic hydroxyl groups is 1. The minimum absolute atomic E-state index is 0.00153. The van der Waals surface area contributed by atoms with Crippen molar-refractivity contribution in [1.82, 2.24) is 9.97 Å². The second kappa shape index (κ2) is 6.36. The highest BCUT2D eigenvalue weighted by molar-refractivity contribution is 7.20. The second-order valence-corrected chi connectivity index (χ2v) is 5.80. The maximum atomic E-state index is 12.0. The Bertz CT molecular complexity index is 669. The SMILES string of the molecule is CCOC(=O)c1sc2nc(C)nc(NC(C)CO)c2c1C. The van der Waals surface area contributed by atoms with Gasteiger partial charge in [0.05, 0.1) is 18.6 Å². The summed E-state index contributed by atoms with van der Waals surface area (Å²) in [5.41, 5.74) is 0.807. The van der Waals surface area contributed by atoms with Crippen LogP contribution in [0.5, 0.6) is 0 Å². The largest absolute Gasteiger partial charge is 0.462 e. The molecule has 0 spiro atoms. The number of aliphatic hydroxyl groups excluding tert-OH is 1. The number of hydrogen-bond acceptors (Lipinski definition) is 7. The third-order valence-corrected chi connectivity index (χ3v) is 4.19. The van der Waals surface area contributed by atoms with Crippen molar-refractivity contribution < 1.29 is 14.6 Å². The van der Waals surface area contributed by atoms with E-state index in [2.05, 4.69) is 15.3 Å². The van der Waals surface area contributed by atoms with E-state index in [1.165, 1.54) is 11.3 Å². The van der Waals surface area contributed by atoms with Crippen molar-refractivity contribution in [3.63, 3.8) is 0 Å². The molecule has 0 saturated carbocycles. The van der Waals surface area contributed by atoms with Crippen LogP contribution in [0.3, 0.4) is 0 Å². The first kappa shape index (κ1) is 15.7. The summed E-state index contributed by atoms with van der Waals surface area (Å²) >= 11 is 1.31. The van der Waals surface area contributed by atoms with Crippen LogP contribution in [-0.4, -0.2) is 40.3 Å². The van der Waals surface area contributed by atoms with Gasteiger partial charge in [-0.15, -0.1) is 11.3 Å². The lowest BCUT2D eigenvalue weighted by Crippen LogP contribution is -2.20. The fourth-order valence-electron chi connectivity index (χ4n) is 2.02. The molecule has 2 N–H and O–H groups in total. The molecule has 114 valence electrons. The Labute approximate surface area is 127 Å². The minimum atomic E-state index is -0.336. The van der Waals surface area contributed by atoms with E-state index in [1.807, 2.05) is 13.8 Å². The van der Waals surface area contributed by atoms with Crippen LogP contribution in [0.4, 0.5) is 5.82 Å². The number of rotatable bonds is 5. The minimum Gasteiger partial charge on any atom is -0.462 e. The van der Waals surface area contributed by atoms with Crippen molar-refractivity contribution in [2.45, 2.75) is 33.7 Å². The Hall–Kier alpha value is -1.73. The lowest BCUT2D eigenvalue weighted by atomic mass is 10.2. The van der Waals surface area contributed by atoms with Gasteiger partial charge in [0.2, 0.25) is 0 Å². The second-order valence-electron chi connectivity index (χ2n) is 4.80. The van der Waals surface area contributed by atoms with Crippen molar-refractivity contribution in [3.05, 3.63) is 16.3 Å². The van der Waals surface area contributed by atoms with Gasteiger partial charge in [0.1, 0.15) is 21.3 Å². The molecule has 21 heavy (non-hydrogen) atoms. The number of carbonyl (C=O) groups is 1. The van der Waals surface area contributed by atoms with Gasteiger partial charge in [0, 0.05) is 6.04 Å². The molecule has 2 rings (SSSR count). The van der Waals surface area contributed by atoms with Crippen molar-refractivity contribution in [2.24, 2.45) is 0 Å². The number of nitrogens with one attached hydrogen (secondary N) is 1. The van der Waals surface area contributed by atoms with Crippen LogP contribution in [0.2, 0.25) is 0 Å². The molecule has 0 radical (unpaired) electrons. The average Bonchev–Trinajstić information content (AvgIpc) is 2.76. The van der Waals surface area contributed by atoms with Crippen molar-refractivity contribution in [2.75, 3.05) is 18.5 Å². The molecule has 0 fully saturated rings. The quantitative estimate of drug-likeness (QED) is 0.824. The Kier molecular flexibility index (Phi) is 4.74. The van der Waals surface area contributed by atoms with Gasteiger partial charge in [-0.1, -0.05) is 0 Å². The molecule has 2 aromatic rings. The van der Waals surface area contributed by atoms with E-state index in [4.69, 9.17) is 4.74 Å². The van der Waals surface area contributed by atoms with Crippen molar-refractivity contribution in [3.8, 4) is 0 Å². The van der Waals surface area contributed by atoms with Crippen LogP contribution < -0.4 is 5.32 Å². The number of hydrogen-bond donors (Lipinski definition) is 2. The smallest absolute Gasteiger partial charge is 0.348 e. The maximum Gasteiger partial charge on any atom is 0.348 e. The van der Waals surface area contributed by atoms with Gasteiger partial charge in [0.15, 0.2) is 0 Å². The summed E-state index contributed by atoms with van der Waals surface area (Å²) in [6.07, 6.45) is 0. The molecule has 0 aromatic carbocycles. The van der Waals surface area contributed by atoms with E-state index in [-0.39, 0.29) is 18.6 Å². The Morgan fingerprint density at radius 1 is 1.43 bits per heavy atom. The van der Waals surface area contributed by atoms with Gasteiger partial charge in [-0.3, -0.25) is 0 Å². The molecule has 6 nitrogen and oxygen atoms in total. The van der Waals surface area contributed by atoms with Crippen LogP contribution in [0.1, 0.15) is 34.9 Å². The number of anilines is 1. The van der Waals surface area contributed by atoms with E-state index >= 15 is 0 Å². The van der Waals surface area contributed by atoms with Gasteiger partial charge < -0.3 is 15.2 Å². The molecule has 2 aromatic heterocycles. The summed E-state index contributed by atoms with van der Waals surface area (Å²) in [5, 5.41) is 13.2. The van der Waals surface area contributed by atoms with Gasteiger partial charge in [0.25, 0.3) is 0 Å². The Morgan fingerprint density at radius 2 is 2.14 bits per heavy atom. The molecule has 2 heterocycles. The van der Waals surface area contributed by atoms with Crippen LogP contribution in [0, 0.1) is 13.8 Å². The molecule has 0 amide bonds. The highest BCUT2D eigenvalue weighted by Crippen LogP contribution is 2.34. The van der Waals surface area contributed by atoms with E-state index in [9.17, 15) is 9.90 Å². The van der Waals surface area contributed by atoms with Gasteiger partial charge >= 0.3 is 5.97 Å². The number of nitrogens with zero attached hydrogens (tertiary/aromatic N) is 2.